The fourth-order valence-electron chi connectivity index (χ4n) is 1.71. The summed E-state index contributed by atoms with van der Waals surface area (Å²) in [6.07, 6.45) is 1.29. The van der Waals surface area contributed by atoms with E-state index in [1.165, 1.54) is 12.3 Å². The van der Waals surface area contributed by atoms with E-state index in [9.17, 15) is 21.6 Å². The van der Waals surface area contributed by atoms with Gasteiger partial charge < -0.3 is 4.18 Å². The molecule has 1 heterocycles. The lowest BCUT2D eigenvalue weighted by Gasteiger charge is -2.10. The van der Waals surface area contributed by atoms with Gasteiger partial charge in [-0.25, -0.2) is 4.98 Å². The van der Waals surface area contributed by atoms with E-state index in [4.69, 9.17) is 0 Å². The summed E-state index contributed by atoms with van der Waals surface area (Å²) in [5.41, 5.74) is -3.82. The summed E-state index contributed by atoms with van der Waals surface area (Å²) < 4.78 is 62.6. The zero-order valence-electron chi connectivity index (χ0n) is 10.5. The maximum Gasteiger partial charge on any atom is 0.534 e. The smallest absolute Gasteiger partial charge is 0.355 e. The van der Waals surface area contributed by atoms with Crippen LogP contribution in [0, 0.1) is 13.8 Å². The summed E-state index contributed by atoms with van der Waals surface area (Å²) in [6, 6.07) is 4.80. The first-order chi connectivity index (χ1) is 9.12. The molecule has 0 fully saturated rings. The van der Waals surface area contributed by atoms with Crippen molar-refractivity contribution in [2.24, 2.45) is 0 Å². The zero-order valence-corrected chi connectivity index (χ0v) is 11.3. The number of pyridine rings is 1. The van der Waals surface area contributed by atoms with Crippen LogP contribution in [-0.2, 0) is 10.1 Å². The molecule has 4 nitrogen and oxygen atoms in total. The van der Waals surface area contributed by atoms with Gasteiger partial charge in [-0.05, 0) is 30.4 Å². The molecule has 0 aliphatic rings. The van der Waals surface area contributed by atoms with Crippen LogP contribution in [0.5, 0.6) is 5.88 Å². The molecule has 0 saturated carbocycles. The summed E-state index contributed by atoms with van der Waals surface area (Å²) in [5, 5.41) is 1.31. The van der Waals surface area contributed by atoms with Crippen molar-refractivity contribution in [3.05, 3.63) is 35.5 Å². The van der Waals surface area contributed by atoms with E-state index >= 15 is 0 Å². The topological polar surface area (TPSA) is 56.3 Å². The molecule has 20 heavy (non-hydrogen) atoms. The standard InChI is InChI=1S/C12H10F3NO3S/c1-7-3-4-8(2)10-6-16-11(5-9(7)10)19-20(17,18)12(13,14)15/h3-6H,1-2H3. The van der Waals surface area contributed by atoms with Crippen LogP contribution in [-0.4, -0.2) is 18.9 Å². The average molecular weight is 305 g/mol. The predicted molar refractivity (Wildman–Crippen MR) is 66.8 cm³/mol. The Balaban J connectivity index is 2.51. The highest BCUT2D eigenvalue weighted by molar-refractivity contribution is 7.87. The number of nitrogens with zero attached hydrogens (tertiary/aromatic N) is 1. The minimum absolute atomic E-state index is 0.590. The van der Waals surface area contributed by atoms with Crippen molar-refractivity contribution in [2.45, 2.75) is 19.4 Å². The molecule has 0 amide bonds. The SMILES string of the molecule is Cc1ccc(C)c2cc(OS(=O)(=O)C(F)(F)F)ncc12. The number of rotatable bonds is 2. The maximum absolute atomic E-state index is 12.2. The van der Waals surface area contributed by atoms with Gasteiger partial charge in [0.25, 0.3) is 0 Å². The highest BCUT2D eigenvalue weighted by Crippen LogP contribution is 2.29. The fourth-order valence-corrected chi connectivity index (χ4v) is 2.12. The molecule has 0 unspecified atom stereocenters. The second-order valence-electron chi connectivity index (χ2n) is 4.25. The lowest BCUT2D eigenvalue weighted by atomic mass is 10.0. The Bertz CT molecular complexity index is 769. The third-order valence-electron chi connectivity index (χ3n) is 2.79. The van der Waals surface area contributed by atoms with Crippen LogP contribution in [0.3, 0.4) is 0 Å². The Morgan fingerprint density at radius 1 is 1.10 bits per heavy atom. The quantitative estimate of drug-likeness (QED) is 0.632. The van der Waals surface area contributed by atoms with Crippen LogP contribution in [0.4, 0.5) is 13.2 Å². The number of alkyl halides is 3. The van der Waals surface area contributed by atoms with E-state index in [1.807, 2.05) is 13.0 Å². The summed E-state index contributed by atoms with van der Waals surface area (Å²) in [4.78, 5) is 3.61. The summed E-state index contributed by atoms with van der Waals surface area (Å²) in [7, 11) is -5.70. The van der Waals surface area contributed by atoms with Gasteiger partial charge in [0, 0.05) is 17.6 Å². The van der Waals surface area contributed by atoms with Crippen LogP contribution >= 0.6 is 0 Å². The molecular formula is C12H10F3NO3S. The summed E-state index contributed by atoms with van der Waals surface area (Å²) in [6.45, 7) is 3.57. The van der Waals surface area contributed by atoms with E-state index in [-0.39, 0.29) is 0 Å². The number of halogens is 3. The molecule has 0 aliphatic heterocycles. The molecule has 0 saturated heterocycles. The van der Waals surface area contributed by atoms with Gasteiger partial charge >= 0.3 is 15.6 Å². The van der Waals surface area contributed by atoms with Crippen LogP contribution in [0.15, 0.2) is 24.4 Å². The second-order valence-corrected chi connectivity index (χ2v) is 5.79. The molecule has 108 valence electrons. The van der Waals surface area contributed by atoms with E-state index in [1.54, 1.807) is 13.0 Å². The number of hydrogen-bond acceptors (Lipinski definition) is 4. The molecule has 0 atom stereocenters. The van der Waals surface area contributed by atoms with Gasteiger partial charge in [0.05, 0.1) is 0 Å². The van der Waals surface area contributed by atoms with Gasteiger partial charge in [-0.2, -0.15) is 21.6 Å². The van der Waals surface area contributed by atoms with Crippen LogP contribution in [0.25, 0.3) is 10.8 Å². The molecule has 0 aliphatic carbocycles. The number of fused-ring (bicyclic) bond motifs is 1. The monoisotopic (exact) mass is 305 g/mol. The van der Waals surface area contributed by atoms with Gasteiger partial charge in [0.1, 0.15) is 0 Å². The van der Waals surface area contributed by atoms with Crippen molar-refractivity contribution in [1.82, 2.24) is 4.98 Å². The van der Waals surface area contributed by atoms with E-state index in [0.29, 0.717) is 5.39 Å². The Kier molecular flexibility index (Phi) is 3.37. The number of aromatic nitrogens is 1. The maximum atomic E-state index is 12.2. The first-order valence-electron chi connectivity index (χ1n) is 5.48. The van der Waals surface area contributed by atoms with Gasteiger partial charge in [0.2, 0.25) is 5.88 Å². The Morgan fingerprint density at radius 3 is 2.20 bits per heavy atom. The fraction of sp³-hybridized carbons (Fsp3) is 0.250. The van der Waals surface area contributed by atoms with E-state index in [2.05, 4.69) is 9.17 Å². The zero-order chi connectivity index (χ0) is 15.1. The van der Waals surface area contributed by atoms with Gasteiger partial charge in [-0.3, -0.25) is 0 Å². The van der Waals surface area contributed by atoms with Crippen molar-refractivity contribution >= 4 is 20.9 Å². The molecule has 1 aromatic heterocycles. The van der Waals surface area contributed by atoms with Gasteiger partial charge in [-0.15, -0.1) is 0 Å². The lowest BCUT2D eigenvalue weighted by Crippen LogP contribution is -2.28. The summed E-state index contributed by atoms with van der Waals surface area (Å²) >= 11 is 0. The molecule has 0 spiro atoms. The minimum atomic E-state index is -5.70. The summed E-state index contributed by atoms with van der Waals surface area (Å²) in [5.74, 6) is -0.608. The Labute approximate surface area is 113 Å². The normalized spacial score (nSPS) is 12.7. The van der Waals surface area contributed by atoms with Gasteiger partial charge in [0.15, 0.2) is 0 Å². The molecule has 1 aromatic carbocycles. The third-order valence-corrected chi connectivity index (χ3v) is 3.75. The van der Waals surface area contributed by atoms with E-state index in [0.717, 1.165) is 16.5 Å². The van der Waals surface area contributed by atoms with Crippen molar-refractivity contribution in [2.75, 3.05) is 0 Å². The largest absolute Gasteiger partial charge is 0.534 e. The first kappa shape index (κ1) is 14.6. The Morgan fingerprint density at radius 2 is 1.65 bits per heavy atom. The third kappa shape index (κ3) is 2.55. The van der Waals surface area contributed by atoms with Crippen molar-refractivity contribution in [3.63, 3.8) is 0 Å². The highest BCUT2D eigenvalue weighted by atomic mass is 32.2. The number of benzene rings is 1. The van der Waals surface area contributed by atoms with Crippen LogP contribution in [0.2, 0.25) is 0 Å². The number of hydrogen-bond donors (Lipinski definition) is 0. The number of aryl methyl sites for hydroxylation is 2. The van der Waals surface area contributed by atoms with Crippen molar-refractivity contribution in [1.29, 1.82) is 0 Å². The van der Waals surface area contributed by atoms with Gasteiger partial charge in [-0.1, -0.05) is 12.1 Å². The lowest BCUT2D eigenvalue weighted by molar-refractivity contribution is -0.0501. The van der Waals surface area contributed by atoms with Crippen LogP contribution in [0.1, 0.15) is 11.1 Å². The molecular weight excluding hydrogens is 295 g/mol. The molecule has 2 rings (SSSR count). The molecule has 0 radical (unpaired) electrons. The van der Waals surface area contributed by atoms with Crippen LogP contribution < -0.4 is 4.18 Å². The van der Waals surface area contributed by atoms with Crippen molar-refractivity contribution < 1.29 is 25.8 Å². The molecule has 8 heteroatoms. The minimum Gasteiger partial charge on any atom is -0.355 e. The predicted octanol–water partition coefficient (Wildman–Crippen LogP) is 3.08. The van der Waals surface area contributed by atoms with Crippen molar-refractivity contribution in [3.8, 4) is 5.88 Å². The van der Waals surface area contributed by atoms with E-state index < -0.39 is 21.5 Å². The average Bonchev–Trinajstić information content (AvgIpc) is 2.32. The second kappa shape index (κ2) is 4.62. The molecule has 0 bridgehead atoms. The highest BCUT2D eigenvalue weighted by Gasteiger charge is 2.48. The Hall–Kier alpha value is -1.83. The molecule has 0 N–H and O–H groups in total. The first-order valence-corrected chi connectivity index (χ1v) is 6.89. The molecule has 2 aromatic rings.